The van der Waals surface area contributed by atoms with Gasteiger partial charge in [-0.05, 0) is 34.1 Å². The van der Waals surface area contributed by atoms with E-state index in [0.717, 1.165) is 5.56 Å². The standard InChI is InChI=1S/C14H20O3/c1-8(2)6-7-11-9(3)13(16)14(17-5)10(4)12(11)15/h6,15-16H,7H2,1-5H3. The highest BCUT2D eigenvalue weighted by atomic mass is 16.5. The number of phenolic OH excluding ortho intramolecular Hbond substituents is 2. The molecule has 0 heterocycles. The zero-order chi connectivity index (χ0) is 13.2. The Labute approximate surface area is 102 Å². The van der Waals surface area contributed by atoms with E-state index in [9.17, 15) is 10.2 Å². The Balaban J connectivity index is 3.37. The summed E-state index contributed by atoms with van der Waals surface area (Å²) in [5.74, 6) is 0.663. The first kappa shape index (κ1) is 13.4. The van der Waals surface area contributed by atoms with E-state index in [4.69, 9.17) is 4.74 Å². The lowest BCUT2D eigenvalue weighted by molar-refractivity contribution is 0.361. The van der Waals surface area contributed by atoms with Crippen molar-refractivity contribution in [2.45, 2.75) is 34.1 Å². The van der Waals surface area contributed by atoms with Crippen molar-refractivity contribution in [2.24, 2.45) is 0 Å². The third-order valence-corrected chi connectivity index (χ3v) is 2.92. The number of rotatable bonds is 3. The summed E-state index contributed by atoms with van der Waals surface area (Å²) in [5, 5.41) is 20.1. The van der Waals surface area contributed by atoms with Gasteiger partial charge in [0.2, 0.25) is 0 Å². The van der Waals surface area contributed by atoms with E-state index in [1.54, 1.807) is 13.8 Å². The van der Waals surface area contributed by atoms with Gasteiger partial charge in [-0.15, -0.1) is 0 Å². The van der Waals surface area contributed by atoms with Gasteiger partial charge >= 0.3 is 0 Å². The molecule has 3 nitrogen and oxygen atoms in total. The number of ether oxygens (including phenoxy) is 1. The van der Waals surface area contributed by atoms with Crippen LogP contribution in [-0.4, -0.2) is 17.3 Å². The molecule has 0 spiro atoms. The summed E-state index contributed by atoms with van der Waals surface area (Å²) in [5.41, 5.74) is 3.17. The van der Waals surface area contributed by atoms with Gasteiger partial charge in [-0.3, -0.25) is 0 Å². The molecule has 0 aliphatic rings. The second-order valence-corrected chi connectivity index (χ2v) is 4.44. The zero-order valence-electron chi connectivity index (χ0n) is 11.1. The van der Waals surface area contributed by atoms with E-state index >= 15 is 0 Å². The molecule has 1 aromatic carbocycles. The molecule has 0 radical (unpaired) electrons. The summed E-state index contributed by atoms with van der Waals surface area (Å²) in [6.45, 7) is 7.52. The Morgan fingerprint density at radius 1 is 1.12 bits per heavy atom. The molecule has 0 amide bonds. The first-order valence-electron chi connectivity index (χ1n) is 5.61. The molecule has 0 unspecified atom stereocenters. The van der Waals surface area contributed by atoms with Gasteiger partial charge in [-0.1, -0.05) is 11.6 Å². The molecule has 0 fully saturated rings. The first-order chi connectivity index (χ1) is 7.90. The van der Waals surface area contributed by atoms with Crippen LogP contribution in [0.5, 0.6) is 17.2 Å². The molecule has 2 N–H and O–H groups in total. The van der Waals surface area contributed by atoms with Crippen LogP contribution in [0.15, 0.2) is 11.6 Å². The van der Waals surface area contributed by atoms with Gasteiger partial charge in [0.1, 0.15) is 5.75 Å². The summed E-state index contributed by atoms with van der Waals surface area (Å²) in [6.07, 6.45) is 2.63. The molecule has 3 heteroatoms. The minimum atomic E-state index is 0.111. The number of aromatic hydroxyl groups is 2. The lowest BCUT2D eigenvalue weighted by Crippen LogP contribution is -1.97. The third kappa shape index (κ3) is 2.54. The molecule has 0 aliphatic carbocycles. The quantitative estimate of drug-likeness (QED) is 0.625. The predicted molar refractivity (Wildman–Crippen MR) is 68.9 cm³/mol. The molecule has 0 atom stereocenters. The van der Waals surface area contributed by atoms with Crippen LogP contribution < -0.4 is 4.74 Å². The van der Waals surface area contributed by atoms with Crippen molar-refractivity contribution >= 4 is 0 Å². The zero-order valence-corrected chi connectivity index (χ0v) is 11.1. The topological polar surface area (TPSA) is 49.7 Å². The van der Waals surface area contributed by atoms with Crippen molar-refractivity contribution in [3.8, 4) is 17.2 Å². The highest BCUT2D eigenvalue weighted by Crippen LogP contribution is 2.42. The summed E-state index contributed by atoms with van der Waals surface area (Å²) in [7, 11) is 1.48. The van der Waals surface area contributed by atoms with Gasteiger partial charge in [0.05, 0.1) is 7.11 Å². The Kier molecular flexibility index (Phi) is 4.05. The molecule has 0 saturated heterocycles. The maximum Gasteiger partial charge on any atom is 0.167 e. The Bertz CT molecular complexity index is 426. The Morgan fingerprint density at radius 3 is 2.18 bits per heavy atom. The first-order valence-corrected chi connectivity index (χ1v) is 5.61. The molecule has 1 rings (SSSR count). The maximum atomic E-state index is 10.1. The van der Waals surface area contributed by atoms with Gasteiger partial charge < -0.3 is 14.9 Å². The van der Waals surface area contributed by atoms with Crippen LogP contribution in [0.4, 0.5) is 0 Å². The van der Waals surface area contributed by atoms with Gasteiger partial charge in [-0.2, -0.15) is 0 Å². The van der Waals surface area contributed by atoms with Crippen LogP contribution in [0.1, 0.15) is 30.5 Å². The van der Waals surface area contributed by atoms with Gasteiger partial charge in [0.15, 0.2) is 11.5 Å². The van der Waals surface area contributed by atoms with E-state index in [2.05, 4.69) is 0 Å². The van der Waals surface area contributed by atoms with E-state index in [-0.39, 0.29) is 11.5 Å². The van der Waals surface area contributed by atoms with Gasteiger partial charge in [-0.25, -0.2) is 0 Å². The molecule has 0 aliphatic heterocycles. The molecule has 0 saturated carbocycles. The largest absolute Gasteiger partial charge is 0.507 e. The molecule has 94 valence electrons. The number of hydrogen-bond donors (Lipinski definition) is 2. The average molecular weight is 236 g/mol. The van der Waals surface area contributed by atoms with Crippen LogP contribution in [0.2, 0.25) is 0 Å². The van der Waals surface area contributed by atoms with E-state index in [1.165, 1.54) is 12.7 Å². The summed E-state index contributed by atoms with van der Waals surface area (Å²) >= 11 is 0. The predicted octanol–water partition coefficient (Wildman–Crippen LogP) is 3.23. The SMILES string of the molecule is COc1c(C)c(O)c(CC=C(C)C)c(C)c1O. The van der Waals surface area contributed by atoms with Crippen molar-refractivity contribution in [3.05, 3.63) is 28.3 Å². The molecular formula is C14H20O3. The van der Waals surface area contributed by atoms with Crippen molar-refractivity contribution < 1.29 is 14.9 Å². The lowest BCUT2D eigenvalue weighted by atomic mass is 9.98. The summed E-state index contributed by atoms with van der Waals surface area (Å²) in [4.78, 5) is 0. The van der Waals surface area contributed by atoms with Crippen LogP contribution in [0.25, 0.3) is 0 Å². The number of allylic oxidation sites excluding steroid dienone is 2. The Hall–Kier alpha value is -1.64. The third-order valence-electron chi connectivity index (χ3n) is 2.92. The fraction of sp³-hybridized carbons (Fsp3) is 0.429. The van der Waals surface area contributed by atoms with Crippen LogP contribution >= 0.6 is 0 Å². The van der Waals surface area contributed by atoms with E-state index in [0.29, 0.717) is 23.3 Å². The van der Waals surface area contributed by atoms with Crippen LogP contribution in [-0.2, 0) is 6.42 Å². The van der Waals surface area contributed by atoms with E-state index < -0.39 is 0 Å². The highest BCUT2D eigenvalue weighted by Gasteiger charge is 2.18. The van der Waals surface area contributed by atoms with Crippen LogP contribution in [0.3, 0.4) is 0 Å². The number of hydrogen-bond acceptors (Lipinski definition) is 3. The molecule has 0 bridgehead atoms. The Morgan fingerprint density at radius 2 is 1.71 bits per heavy atom. The molecule has 0 aromatic heterocycles. The second-order valence-electron chi connectivity index (χ2n) is 4.44. The van der Waals surface area contributed by atoms with Crippen molar-refractivity contribution in [3.63, 3.8) is 0 Å². The number of benzene rings is 1. The average Bonchev–Trinajstić information content (AvgIpc) is 2.27. The second kappa shape index (κ2) is 5.13. The van der Waals surface area contributed by atoms with Crippen molar-refractivity contribution in [1.82, 2.24) is 0 Å². The molecule has 17 heavy (non-hydrogen) atoms. The monoisotopic (exact) mass is 236 g/mol. The minimum Gasteiger partial charge on any atom is -0.507 e. The minimum absolute atomic E-state index is 0.111. The summed E-state index contributed by atoms with van der Waals surface area (Å²) < 4.78 is 5.09. The van der Waals surface area contributed by atoms with Gasteiger partial charge in [0, 0.05) is 16.7 Å². The molecular weight excluding hydrogens is 216 g/mol. The van der Waals surface area contributed by atoms with Crippen molar-refractivity contribution in [1.29, 1.82) is 0 Å². The highest BCUT2D eigenvalue weighted by molar-refractivity contribution is 5.61. The summed E-state index contributed by atoms with van der Waals surface area (Å²) in [6, 6.07) is 0. The van der Waals surface area contributed by atoms with E-state index in [1.807, 2.05) is 19.9 Å². The number of phenols is 2. The van der Waals surface area contributed by atoms with Crippen molar-refractivity contribution in [2.75, 3.05) is 7.11 Å². The van der Waals surface area contributed by atoms with Gasteiger partial charge in [0.25, 0.3) is 0 Å². The number of methoxy groups -OCH3 is 1. The molecule has 1 aromatic rings. The van der Waals surface area contributed by atoms with Crippen LogP contribution in [0, 0.1) is 13.8 Å². The fourth-order valence-corrected chi connectivity index (χ4v) is 1.81. The smallest absolute Gasteiger partial charge is 0.167 e. The normalized spacial score (nSPS) is 10.2. The fourth-order valence-electron chi connectivity index (χ4n) is 1.81. The maximum absolute atomic E-state index is 10.1. The lowest BCUT2D eigenvalue weighted by Gasteiger charge is -2.16.